The summed E-state index contributed by atoms with van der Waals surface area (Å²) < 4.78 is 37.4. The van der Waals surface area contributed by atoms with Crippen LogP contribution >= 0.6 is 0 Å². The second-order valence-corrected chi connectivity index (χ2v) is 4.12. The molecule has 0 aliphatic carbocycles. The minimum Gasteiger partial charge on any atom is -0.391 e. The Hall–Kier alpha value is -1.30. The lowest BCUT2D eigenvalue weighted by Crippen LogP contribution is -2.38. The van der Waals surface area contributed by atoms with Crippen LogP contribution in [-0.2, 0) is 6.18 Å². The molecule has 1 aliphatic rings. The lowest BCUT2D eigenvalue weighted by Gasteiger charge is -2.31. The van der Waals surface area contributed by atoms with E-state index < -0.39 is 18.0 Å². The molecule has 0 unspecified atom stereocenters. The lowest BCUT2D eigenvalue weighted by molar-refractivity contribution is -0.141. The summed E-state index contributed by atoms with van der Waals surface area (Å²) in [5.74, 6) is 0.276. The van der Waals surface area contributed by atoms with Crippen LogP contribution in [0, 0.1) is 0 Å². The van der Waals surface area contributed by atoms with Gasteiger partial charge in [0.15, 0.2) is 0 Å². The van der Waals surface area contributed by atoms with Crippen molar-refractivity contribution in [2.45, 2.75) is 25.1 Å². The molecule has 0 bridgehead atoms. The minimum atomic E-state index is -4.43. The number of aromatic nitrogens is 1. The van der Waals surface area contributed by atoms with Crippen molar-refractivity contribution in [1.82, 2.24) is 4.98 Å². The van der Waals surface area contributed by atoms with Crippen molar-refractivity contribution in [2.24, 2.45) is 0 Å². The third-order valence-corrected chi connectivity index (χ3v) is 2.75. The highest BCUT2D eigenvalue weighted by Crippen LogP contribution is 2.29. The van der Waals surface area contributed by atoms with Gasteiger partial charge in [-0.05, 0) is 25.0 Å². The van der Waals surface area contributed by atoms with Crippen LogP contribution in [0.1, 0.15) is 18.5 Å². The van der Waals surface area contributed by atoms with Crippen LogP contribution < -0.4 is 4.90 Å². The van der Waals surface area contributed by atoms with E-state index in [4.69, 9.17) is 0 Å². The summed E-state index contributed by atoms with van der Waals surface area (Å²) >= 11 is 0. The van der Waals surface area contributed by atoms with Crippen LogP contribution in [0.2, 0.25) is 0 Å². The molecule has 1 atom stereocenters. The molecule has 1 saturated heterocycles. The summed E-state index contributed by atoms with van der Waals surface area (Å²) in [7, 11) is 0. The van der Waals surface area contributed by atoms with Gasteiger partial charge in [-0.25, -0.2) is 4.98 Å². The molecule has 17 heavy (non-hydrogen) atoms. The number of piperidine rings is 1. The Bertz CT molecular complexity index is 395. The minimum absolute atomic E-state index is 0.276. The number of rotatable bonds is 1. The van der Waals surface area contributed by atoms with E-state index in [0.717, 1.165) is 12.5 Å². The number of anilines is 1. The number of hydrogen-bond donors (Lipinski definition) is 1. The van der Waals surface area contributed by atoms with Gasteiger partial charge in [-0.2, -0.15) is 13.2 Å². The molecular formula is C11H13F3N2O. The number of aliphatic hydroxyl groups excluding tert-OH is 1. The third-order valence-electron chi connectivity index (χ3n) is 2.75. The van der Waals surface area contributed by atoms with Crippen LogP contribution in [0.4, 0.5) is 19.0 Å². The Labute approximate surface area is 96.9 Å². The van der Waals surface area contributed by atoms with Gasteiger partial charge in [-0.1, -0.05) is 6.07 Å². The van der Waals surface area contributed by atoms with Crippen LogP contribution in [0.25, 0.3) is 0 Å². The normalized spacial score (nSPS) is 21.6. The molecule has 1 aromatic rings. The van der Waals surface area contributed by atoms with E-state index in [9.17, 15) is 18.3 Å². The molecule has 2 rings (SSSR count). The summed E-state index contributed by atoms with van der Waals surface area (Å²) in [5, 5.41) is 9.48. The first kappa shape index (κ1) is 12.2. The smallest absolute Gasteiger partial charge is 0.391 e. The van der Waals surface area contributed by atoms with Gasteiger partial charge in [-0.3, -0.25) is 0 Å². The van der Waals surface area contributed by atoms with Gasteiger partial charge < -0.3 is 10.0 Å². The Morgan fingerprint density at radius 2 is 2.12 bits per heavy atom. The monoisotopic (exact) mass is 246 g/mol. The van der Waals surface area contributed by atoms with Gasteiger partial charge in [0.05, 0.1) is 6.10 Å². The van der Waals surface area contributed by atoms with Crippen LogP contribution in [0.5, 0.6) is 0 Å². The Balaban J connectivity index is 2.21. The zero-order valence-corrected chi connectivity index (χ0v) is 9.11. The zero-order chi connectivity index (χ0) is 12.5. The van der Waals surface area contributed by atoms with Gasteiger partial charge in [0.1, 0.15) is 11.5 Å². The number of pyridine rings is 1. The summed E-state index contributed by atoms with van der Waals surface area (Å²) in [5.41, 5.74) is -0.893. The van der Waals surface area contributed by atoms with Crippen molar-refractivity contribution < 1.29 is 18.3 Å². The van der Waals surface area contributed by atoms with Crippen molar-refractivity contribution in [1.29, 1.82) is 0 Å². The van der Waals surface area contributed by atoms with Gasteiger partial charge in [0, 0.05) is 13.1 Å². The summed E-state index contributed by atoms with van der Waals surface area (Å²) in [6, 6.07) is 3.82. The summed E-state index contributed by atoms with van der Waals surface area (Å²) in [6.07, 6.45) is -3.46. The quantitative estimate of drug-likeness (QED) is 0.824. The highest BCUT2D eigenvalue weighted by molar-refractivity contribution is 5.40. The SMILES string of the molecule is O[C@H]1CCCN(c2cccc(C(F)(F)F)n2)C1. The third kappa shape index (κ3) is 2.88. The summed E-state index contributed by atoms with van der Waals surface area (Å²) in [4.78, 5) is 5.28. The Morgan fingerprint density at radius 3 is 2.76 bits per heavy atom. The number of nitrogens with zero attached hydrogens (tertiary/aromatic N) is 2. The van der Waals surface area contributed by atoms with Crippen molar-refractivity contribution >= 4 is 5.82 Å². The van der Waals surface area contributed by atoms with Crippen molar-refractivity contribution in [2.75, 3.05) is 18.0 Å². The number of halogens is 3. The van der Waals surface area contributed by atoms with Crippen molar-refractivity contribution in [3.63, 3.8) is 0 Å². The van der Waals surface area contributed by atoms with E-state index in [-0.39, 0.29) is 5.82 Å². The molecule has 0 saturated carbocycles. The molecule has 0 spiro atoms. The van der Waals surface area contributed by atoms with Crippen LogP contribution in [0.15, 0.2) is 18.2 Å². The predicted molar refractivity (Wildman–Crippen MR) is 56.7 cm³/mol. The average molecular weight is 246 g/mol. The van der Waals surface area contributed by atoms with Gasteiger partial charge in [0.25, 0.3) is 0 Å². The molecular weight excluding hydrogens is 233 g/mol. The van der Waals surface area contributed by atoms with E-state index >= 15 is 0 Å². The molecule has 0 radical (unpaired) electrons. The molecule has 1 aromatic heterocycles. The molecule has 3 nitrogen and oxygen atoms in total. The highest BCUT2D eigenvalue weighted by atomic mass is 19.4. The largest absolute Gasteiger partial charge is 0.433 e. The molecule has 0 aromatic carbocycles. The fourth-order valence-electron chi connectivity index (χ4n) is 1.92. The van der Waals surface area contributed by atoms with Crippen molar-refractivity contribution in [3.05, 3.63) is 23.9 Å². The maximum absolute atomic E-state index is 12.5. The predicted octanol–water partition coefficient (Wildman–Crippen LogP) is 2.06. The number of alkyl halides is 3. The molecule has 0 amide bonds. The molecule has 1 N–H and O–H groups in total. The standard InChI is InChI=1S/C11H13F3N2O/c12-11(13,14)9-4-1-5-10(15-9)16-6-2-3-8(17)7-16/h1,4-5,8,17H,2-3,6-7H2/t8-/m0/s1. The second-order valence-electron chi connectivity index (χ2n) is 4.12. The highest BCUT2D eigenvalue weighted by Gasteiger charge is 2.33. The van der Waals surface area contributed by atoms with E-state index in [2.05, 4.69) is 4.98 Å². The zero-order valence-electron chi connectivity index (χ0n) is 9.11. The first-order chi connectivity index (χ1) is 7.97. The second kappa shape index (κ2) is 4.52. The number of hydrogen-bond acceptors (Lipinski definition) is 3. The maximum Gasteiger partial charge on any atom is 0.433 e. The topological polar surface area (TPSA) is 36.4 Å². The molecule has 94 valence electrons. The lowest BCUT2D eigenvalue weighted by atomic mass is 10.1. The number of aliphatic hydroxyl groups is 1. The fraction of sp³-hybridized carbons (Fsp3) is 0.545. The van der Waals surface area contributed by atoms with E-state index in [0.29, 0.717) is 19.5 Å². The first-order valence-electron chi connectivity index (χ1n) is 5.44. The Morgan fingerprint density at radius 1 is 1.35 bits per heavy atom. The van der Waals surface area contributed by atoms with Crippen molar-refractivity contribution in [3.8, 4) is 0 Å². The van der Waals surface area contributed by atoms with E-state index in [1.165, 1.54) is 12.1 Å². The Kier molecular flexibility index (Phi) is 3.24. The van der Waals surface area contributed by atoms with Gasteiger partial charge in [0.2, 0.25) is 0 Å². The molecule has 1 aliphatic heterocycles. The maximum atomic E-state index is 12.5. The number of β-amino-alcohol motifs (C(OH)–C–C–N with tert-alkyl or cyclic N) is 1. The fourth-order valence-corrected chi connectivity index (χ4v) is 1.92. The first-order valence-corrected chi connectivity index (χ1v) is 5.44. The van der Waals surface area contributed by atoms with Gasteiger partial charge >= 0.3 is 6.18 Å². The van der Waals surface area contributed by atoms with Crippen LogP contribution in [0.3, 0.4) is 0 Å². The molecule has 6 heteroatoms. The summed E-state index contributed by atoms with van der Waals surface area (Å²) in [6.45, 7) is 0.972. The molecule has 1 fully saturated rings. The van der Waals surface area contributed by atoms with Crippen LogP contribution in [-0.4, -0.2) is 29.3 Å². The van der Waals surface area contributed by atoms with Gasteiger partial charge in [-0.15, -0.1) is 0 Å². The average Bonchev–Trinajstić information content (AvgIpc) is 2.28. The van der Waals surface area contributed by atoms with E-state index in [1.807, 2.05) is 0 Å². The van der Waals surface area contributed by atoms with E-state index in [1.54, 1.807) is 4.90 Å². The molecule has 2 heterocycles.